The molecular formula is C23H19ClN4O6S2. The number of carbonyl (C=O) groups is 2. The molecule has 0 saturated heterocycles. The second-order valence-electron chi connectivity index (χ2n) is 7.58. The minimum atomic E-state index is -3.64. The van der Waals surface area contributed by atoms with Crippen LogP contribution in [-0.2, 0) is 14.6 Å². The van der Waals surface area contributed by atoms with Gasteiger partial charge in [-0.3, -0.25) is 10.2 Å². The Labute approximate surface area is 216 Å². The Morgan fingerprint density at radius 2 is 2.03 bits per heavy atom. The lowest BCUT2D eigenvalue weighted by molar-refractivity contribution is -0.114. The topological polar surface area (TPSA) is 139 Å². The van der Waals surface area contributed by atoms with E-state index in [9.17, 15) is 18.0 Å². The molecular weight excluding hydrogens is 528 g/mol. The number of ether oxygens (including phenoxy) is 2. The van der Waals surface area contributed by atoms with E-state index in [1.807, 2.05) is 13.0 Å². The fourth-order valence-corrected chi connectivity index (χ4v) is 5.66. The molecule has 13 heteroatoms. The molecule has 186 valence electrons. The number of amides is 1. The van der Waals surface area contributed by atoms with Gasteiger partial charge in [-0.2, -0.15) is 10.0 Å². The van der Waals surface area contributed by atoms with Crippen LogP contribution in [0.1, 0.15) is 28.4 Å². The maximum atomic E-state index is 12.6. The number of hydrogen-bond acceptors (Lipinski definition) is 9. The normalized spacial score (nSPS) is 16.6. The van der Waals surface area contributed by atoms with E-state index in [0.717, 1.165) is 10.6 Å². The van der Waals surface area contributed by atoms with Crippen molar-refractivity contribution >= 4 is 66.5 Å². The molecule has 2 heterocycles. The molecule has 0 bridgehead atoms. The van der Waals surface area contributed by atoms with Gasteiger partial charge < -0.3 is 9.47 Å². The van der Waals surface area contributed by atoms with Gasteiger partial charge in [0.1, 0.15) is 0 Å². The summed E-state index contributed by atoms with van der Waals surface area (Å²) in [5.41, 5.74) is 1.44. The van der Waals surface area contributed by atoms with Crippen LogP contribution in [-0.4, -0.2) is 53.5 Å². The Morgan fingerprint density at radius 1 is 1.28 bits per heavy atom. The van der Waals surface area contributed by atoms with E-state index in [0.29, 0.717) is 22.9 Å². The Bertz CT molecular complexity index is 1510. The summed E-state index contributed by atoms with van der Waals surface area (Å²) in [6.45, 7) is 3.32. The zero-order chi connectivity index (χ0) is 26.2. The fourth-order valence-electron chi connectivity index (χ4n) is 3.24. The molecule has 2 aromatic carbocycles. The number of amidine groups is 2. The molecule has 2 aromatic rings. The summed E-state index contributed by atoms with van der Waals surface area (Å²) in [5.74, 6) is -1.77. The summed E-state index contributed by atoms with van der Waals surface area (Å²) >= 11 is 7.10. The molecule has 0 aromatic heterocycles. The van der Waals surface area contributed by atoms with Crippen LogP contribution >= 0.6 is 23.4 Å². The second kappa shape index (κ2) is 9.88. The van der Waals surface area contributed by atoms with E-state index in [4.69, 9.17) is 26.5 Å². The van der Waals surface area contributed by atoms with Crippen molar-refractivity contribution in [2.45, 2.75) is 13.8 Å². The van der Waals surface area contributed by atoms with E-state index in [-0.39, 0.29) is 43.2 Å². The number of hydrogen-bond donors (Lipinski definition) is 1. The third-order valence-corrected chi connectivity index (χ3v) is 8.46. The number of fused-ring (bicyclic) bond motifs is 1. The van der Waals surface area contributed by atoms with Gasteiger partial charge in [0, 0.05) is 0 Å². The van der Waals surface area contributed by atoms with Crippen LogP contribution in [0.5, 0.6) is 11.5 Å². The van der Waals surface area contributed by atoms with E-state index in [1.165, 1.54) is 32.2 Å². The SMILES string of the molecule is CCS(=O)(=O)C1=NN2C(=N)C(=Cc3cc(Cl)c(OC(=O)c4cccc(C)c4)c(OC)c3)C(=O)N=C2S1. The first-order chi connectivity index (χ1) is 17.0. The van der Waals surface area contributed by atoms with Crippen LogP contribution in [0.3, 0.4) is 0 Å². The number of nitrogens with one attached hydrogen (secondary N) is 1. The maximum Gasteiger partial charge on any atom is 0.343 e. The molecule has 0 radical (unpaired) electrons. The molecule has 10 nitrogen and oxygen atoms in total. The minimum absolute atomic E-state index is 0.00636. The number of rotatable bonds is 5. The molecule has 0 aliphatic carbocycles. The fraction of sp³-hybridized carbons (Fsp3) is 0.174. The lowest BCUT2D eigenvalue weighted by Crippen LogP contribution is -2.35. The van der Waals surface area contributed by atoms with Crippen molar-refractivity contribution in [1.29, 1.82) is 5.41 Å². The van der Waals surface area contributed by atoms with Crippen LogP contribution in [0, 0.1) is 12.3 Å². The average Bonchev–Trinajstić information content (AvgIpc) is 3.28. The van der Waals surface area contributed by atoms with Gasteiger partial charge in [-0.1, -0.05) is 36.2 Å². The lowest BCUT2D eigenvalue weighted by atomic mass is 10.1. The molecule has 4 rings (SSSR count). The summed E-state index contributed by atoms with van der Waals surface area (Å²) in [7, 11) is -2.27. The highest BCUT2D eigenvalue weighted by atomic mass is 35.5. The molecule has 2 aliphatic heterocycles. The maximum absolute atomic E-state index is 12.6. The summed E-state index contributed by atoms with van der Waals surface area (Å²) in [6.07, 6.45) is 1.35. The summed E-state index contributed by atoms with van der Waals surface area (Å²) in [4.78, 5) is 29.1. The van der Waals surface area contributed by atoms with Crippen molar-refractivity contribution in [1.82, 2.24) is 5.01 Å². The van der Waals surface area contributed by atoms with Crippen LogP contribution in [0.4, 0.5) is 0 Å². The molecule has 0 atom stereocenters. The predicted molar refractivity (Wildman–Crippen MR) is 139 cm³/mol. The first-order valence-corrected chi connectivity index (χ1v) is 13.3. The summed E-state index contributed by atoms with van der Waals surface area (Å²) in [6, 6.07) is 9.77. The lowest BCUT2D eigenvalue weighted by Gasteiger charge is -2.20. The van der Waals surface area contributed by atoms with E-state index in [1.54, 1.807) is 18.2 Å². The van der Waals surface area contributed by atoms with Crippen LogP contribution in [0.25, 0.3) is 6.08 Å². The smallest absolute Gasteiger partial charge is 0.343 e. The number of hydrazone groups is 1. The zero-order valence-corrected chi connectivity index (χ0v) is 21.6. The van der Waals surface area contributed by atoms with Crippen molar-refractivity contribution in [3.05, 3.63) is 63.7 Å². The summed E-state index contributed by atoms with van der Waals surface area (Å²) in [5, 5.41) is 13.4. The van der Waals surface area contributed by atoms with Gasteiger partial charge in [-0.25, -0.2) is 13.2 Å². The Balaban J connectivity index is 1.66. The van der Waals surface area contributed by atoms with E-state index >= 15 is 0 Å². The van der Waals surface area contributed by atoms with Crippen LogP contribution in [0.2, 0.25) is 5.02 Å². The number of esters is 1. The van der Waals surface area contributed by atoms with Gasteiger partial charge in [0.05, 0.1) is 29.0 Å². The predicted octanol–water partition coefficient (Wildman–Crippen LogP) is 3.89. The van der Waals surface area contributed by atoms with Crippen molar-refractivity contribution < 1.29 is 27.5 Å². The minimum Gasteiger partial charge on any atom is -0.493 e. The third kappa shape index (κ3) is 4.92. The Kier molecular flexibility index (Phi) is 7.03. The highest BCUT2D eigenvalue weighted by molar-refractivity contribution is 8.42. The number of halogens is 1. The number of methoxy groups -OCH3 is 1. The molecule has 0 fully saturated rings. The quantitative estimate of drug-likeness (QED) is 0.338. The number of carbonyl (C=O) groups excluding carboxylic acids is 2. The van der Waals surface area contributed by atoms with Crippen LogP contribution < -0.4 is 9.47 Å². The third-order valence-electron chi connectivity index (χ3n) is 5.09. The Hall–Kier alpha value is -3.48. The molecule has 1 N–H and O–H groups in total. The number of aliphatic imine (C=N–C) groups is 1. The molecule has 0 spiro atoms. The van der Waals surface area contributed by atoms with Crippen LogP contribution in [0.15, 0.2) is 52.1 Å². The highest BCUT2D eigenvalue weighted by Crippen LogP contribution is 2.38. The zero-order valence-electron chi connectivity index (χ0n) is 19.2. The van der Waals surface area contributed by atoms with Gasteiger partial charge >= 0.3 is 5.97 Å². The molecule has 36 heavy (non-hydrogen) atoms. The van der Waals surface area contributed by atoms with E-state index in [2.05, 4.69) is 10.1 Å². The van der Waals surface area contributed by atoms with Gasteiger partial charge in [-0.15, -0.1) is 5.10 Å². The highest BCUT2D eigenvalue weighted by Gasteiger charge is 2.39. The van der Waals surface area contributed by atoms with Crippen molar-refractivity contribution in [2.75, 3.05) is 12.9 Å². The van der Waals surface area contributed by atoms with Gasteiger partial charge in [-0.05, 0) is 54.6 Å². The van der Waals surface area contributed by atoms with Gasteiger partial charge in [0.2, 0.25) is 19.4 Å². The van der Waals surface area contributed by atoms with Gasteiger partial charge in [0.15, 0.2) is 17.3 Å². The number of sulfone groups is 1. The molecule has 0 saturated carbocycles. The van der Waals surface area contributed by atoms with Crippen molar-refractivity contribution in [2.24, 2.45) is 10.1 Å². The average molecular weight is 547 g/mol. The van der Waals surface area contributed by atoms with Crippen molar-refractivity contribution in [3.8, 4) is 11.5 Å². The standard InChI is InChI=1S/C23H19ClN4O6S2/c1-4-36(31,32)23-27-28-19(25)15(20(29)26-22(28)35-23)9-13-10-16(24)18(17(11-13)33-3)34-21(30)14-7-5-6-12(2)8-14/h5-11,25H,4H2,1-3H3. The number of aryl methyl sites for hydroxylation is 1. The monoisotopic (exact) mass is 546 g/mol. The second-order valence-corrected chi connectivity index (χ2v) is 11.4. The first-order valence-electron chi connectivity index (χ1n) is 10.4. The van der Waals surface area contributed by atoms with E-state index < -0.39 is 21.7 Å². The summed E-state index contributed by atoms with van der Waals surface area (Å²) < 4.78 is 34.9. The Morgan fingerprint density at radius 3 is 2.69 bits per heavy atom. The first kappa shape index (κ1) is 25.6. The largest absolute Gasteiger partial charge is 0.493 e. The molecule has 0 unspecified atom stereocenters. The number of nitrogens with zero attached hydrogens (tertiary/aromatic N) is 3. The number of thioether (sulfide) groups is 1. The molecule has 2 aliphatic rings. The van der Waals surface area contributed by atoms with Crippen molar-refractivity contribution in [3.63, 3.8) is 0 Å². The number of benzene rings is 2. The molecule has 1 amide bonds. The van der Waals surface area contributed by atoms with Gasteiger partial charge in [0.25, 0.3) is 5.91 Å².